The molecule has 0 spiro atoms. The van der Waals surface area contributed by atoms with Gasteiger partial charge in [0.2, 0.25) is 5.91 Å². The maximum absolute atomic E-state index is 10.6. The predicted molar refractivity (Wildman–Crippen MR) is 54.1 cm³/mol. The van der Waals surface area contributed by atoms with Gasteiger partial charge in [0.15, 0.2) is 0 Å². The summed E-state index contributed by atoms with van der Waals surface area (Å²) in [6.07, 6.45) is 0.178. The average Bonchev–Trinajstić information content (AvgIpc) is 2.29. The molecule has 5 heteroatoms. The first-order valence-corrected chi connectivity index (χ1v) is 5.13. The highest BCUT2D eigenvalue weighted by molar-refractivity contribution is 7.12. The van der Waals surface area contributed by atoms with E-state index >= 15 is 0 Å². The number of hydrogen-bond acceptors (Lipinski definition) is 3. The summed E-state index contributed by atoms with van der Waals surface area (Å²) in [5.74, 6) is -0.0349. The van der Waals surface area contributed by atoms with Crippen molar-refractivity contribution in [1.29, 1.82) is 0 Å². The van der Waals surface area contributed by atoms with Crippen molar-refractivity contribution in [3.05, 3.63) is 15.0 Å². The molecule has 0 fully saturated rings. The largest absolute Gasteiger partial charge is 0.369 e. The molecule has 72 valence electrons. The zero-order valence-electron chi connectivity index (χ0n) is 7.50. The van der Waals surface area contributed by atoms with E-state index in [-0.39, 0.29) is 12.3 Å². The fraction of sp³-hybridized carbons (Fsp3) is 0.500. The van der Waals surface area contributed by atoms with Crippen LogP contribution < -0.4 is 5.73 Å². The lowest BCUT2D eigenvalue weighted by Gasteiger charge is -1.97. The van der Waals surface area contributed by atoms with Crippen LogP contribution in [0.1, 0.15) is 29.7 Å². The molecule has 0 aliphatic heterocycles. The summed E-state index contributed by atoms with van der Waals surface area (Å²) in [4.78, 5) is 15.7. The van der Waals surface area contributed by atoms with Crippen molar-refractivity contribution >= 4 is 28.8 Å². The van der Waals surface area contributed by atoms with Crippen molar-refractivity contribution in [3.63, 3.8) is 0 Å². The Labute approximate surface area is 85.9 Å². The molecule has 1 rings (SSSR count). The minimum Gasteiger partial charge on any atom is -0.369 e. The van der Waals surface area contributed by atoms with E-state index < -0.39 is 0 Å². The van der Waals surface area contributed by atoms with Gasteiger partial charge in [-0.05, 0) is 5.92 Å². The van der Waals surface area contributed by atoms with E-state index in [4.69, 9.17) is 17.3 Å². The maximum Gasteiger partial charge on any atom is 0.224 e. The van der Waals surface area contributed by atoms with Crippen LogP contribution in [0.4, 0.5) is 0 Å². The van der Waals surface area contributed by atoms with Crippen molar-refractivity contribution < 1.29 is 4.79 Å². The van der Waals surface area contributed by atoms with E-state index in [1.165, 1.54) is 11.3 Å². The summed E-state index contributed by atoms with van der Waals surface area (Å²) in [7, 11) is 0. The van der Waals surface area contributed by atoms with Crippen LogP contribution in [0.5, 0.6) is 0 Å². The minimum atomic E-state index is -0.374. The van der Waals surface area contributed by atoms with Gasteiger partial charge in [-0.3, -0.25) is 4.79 Å². The third-order valence-electron chi connectivity index (χ3n) is 1.50. The highest BCUT2D eigenvalue weighted by Crippen LogP contribution is 2.30. The van der Waals surface area contributed by atoms with Gasteiger partial charge in [-0.25, -0.2) is 4.98 Å². The third-order valence-corrected chi connectivity index (χ3v) is 3.26. The molecule has 0 aliphatic rings. The molecule has 0 atom stereocenters. The van der Waals surface area contributed by atoms with Gasteiger partial charge < -0.3 is 5.73 Å². The van der Waals surface area contributed by atoms with Gasteiger partial charge in [-0.2, -0.15) is 0 Å². The van der Waals surface area contributed by atoms with Crippen LogP contribution in [-0.2, 0) is 11.2 Å². The van der Waals surface area contributed by atoms with E-state index in [0.717, 1.165) is 4.88 Å². The van der Waals surface area contributed by atoms with Crippen LogP contribution in [0.25, 0.3) is 0 Å². The van der Waals surface area contributed by atoms with Crippen LogP contribution in [0.15, 0.2) is 0 Å². The number of carbonyl (C=O) groups is 1. The average molecular weight is 219 g/mol. The minimum absolute atomic E-state index is 0.178. The van der Waals surface area contributed by atoms with Crippen molar-refractivity contribution in [2.45, 2.75) is 26.2 Å². The number of nitrogens with two attached hydrogens (primary N) is 1. The Kier molecular flexibility index (Phi) is 3.27. The Balaban J connectivity index is 2.88. The highest BCUT2D eigenvalue weighted by Gasteiger charge is 2.13. The van der Waals surface area contributed by atoms with E-state index in [0.29, 0.717) is 16.1 Å². The molecule has 0 unspecified atom stereocenters. The van der Waals surface area contributed by atoms with Crippen LogP contribution in [0.3, 0.4) is 0 Å². The summed E-state index contributed by atoms with van der Waals surface area (Å²) in [5.41, 5.74) is 5.04. The quantitative estimate of drug-likeness (QED) is 0.843. The first kappa shape index (κ1) is 10.5. The first-order valence-electron chi connectivity index (χ1n) is 3.94. The van der Waals surface area contributed by atoms with E-state index in [9.17, 15) is 4.79 Å². The summed E-state index contributed by atoms with van der Waals surface area (Å²) in [5, 5.41) is 1.19. The normalized spacial score (nSPS) is 10.8. The Hall–Kier alpha value is -0.610. The van der Waals surface area contributed by atoms with Crippen molar-refractivity contribution in [1.82, 2.24) is 4.98 Å². The van der Waals surface area contributed by atoms with Crippen LogP contribution in [-0.4, -0.2) is 10.9 Å². The van der Waals surface area contributed by atoms with Gasteiger partial charge in [0.1, 0.15) is 10.2 Å². The fourth-order valence-corrected chi connectivity index (χ4v) is 2.39. The third kappa shape index (κ3) is 2.67. The maximum atomic E-state index is 10.6. The van der Waals surface area contributed by atoms with Gasteiger partial charge >= 0.3 is 0 Å². The number of amides is 1. The lowest BCUT2D eigenvalue weighted by atomic mass is 10.2. The second-order valence-electron chi connectivity index (χ2n) is 3.06. The number of rotatable bonds is 3. The second-order valence-corrected chi connectivity index (χ2v) is 4.53. The topological polar surface area (TPSA) is 56.0 Å². The SMILES string of the molecule is CC(C)c1sc(CC(N)=O)nc1Cl. The summed E-state index contributed by atoms with van der Waals surface area (Å²) in [6.45, 7) is 4.07. The summed E-state index contributed by atoms with van der Waals surface area (Å²) < 4.78 is 0. The fourth-order valence-electron chi connectivity index (χ4n) is 0.937. The van der Waals surface area contributed by atoms with Crippen LogP contribution in [0.2, 0.25) is 5.15 Å². The molecule has 1 aromatic heterocycles. The molecule has 1 amide bonds. The molecule has 0 saturated carbocycles. The number of nitrogens with zero attached hydrogens (tertiary/aromatic N) is 1. The van der Waals surface area contributed by atoms with E-state index in [1.807, 2.05) is 13.8 Å². The molecule has 0 aromatic carbocycles. The van der Waals surface area contributed by atoms with Gasteiger partial charge in [-0.15, -0.1) is 11.3 Å². The molecular formula is C8H11ClN2OS. The monoisotopic (exact) mass is 218 g/mol. The van der Waals surface area contributed by atoms with E-state index in [1.54, 1.807) is 0 Å². The molecule has 13 heavy (non-hydrogen) atoms. The first-order chi connectivity index (χ1) is 6.00. The van der Waals surface area contributed by atoms with Gasteiger partial charge in [-0.1, -0.05) is 25.4 Å². The lowest BCUT2D eigenvalue weighted by Crippen LogP contribution is -2.13. The standard InChI is InChI=1S/C8H11ClN2OS/c1-4(2)7-8(9)11-6(13-7)3-5(10)12/h4H,3H2,1-2H3,(H2,10,12). The number of thiazole rings is 1. The lowest BCUT2D eigenvalue weighted by molar-refractivity contribution is -0.117. The van der Waals surface area contributed by atoms with Crippen molar-refractivity contribution in [2.75, 3.05) is 0 Å². The predicted octanol–water partition coefficient (Wildman–Crippen LogP) is 1.95. The molecule has 0 radical (unpaired) electrons. The molecule has 0 saturated heterocycles. The Morgan fingerprint density at radius 1 is 1.69 bits per heavy atom. The Morgan fingerprint density at radius 3 is 2.69 bits per heavy atom. The molecule has 3 nitrogen and oxygen atoms in total. The number of primary amides is 1. The summed E-state index contributed by atoms with van der Waals surface area (Å²) in [6, 6.07) is 0. The number of carbonyl (C=O) groups excluding carboxylic acids is 1. The molecule has 2 N–H and O–H groups in total. The summed E-state index contributed by atoms with van der Waals surface area (Å²) >= 11 is 7.32. The molecular weight excluding hydrogens is 208 g/mol. The Bertz CT molecular complexity index is 322. The molecule has 0 aliphatic carbocycles. The molecule has 1 heterocycles. The zero-order chi connectivity index (χ0) is 10.0. The van der Waals surface area contributed by atoms with Crippen LogP contribution >= 0.6 is 22.9 Å². The van der Waals surface area contributed by atoms with Crippen molar-refractivity contribution in [2.24, 2.45) is 5.73 Å². The van der Waals surface area contributed by atoms with E-state index in [2.05, 4.69) is 4.98 Å². The van der Waals surface area contributed by atoms with Gasteiger partial charge in [0.05, 0.1) is 6.42 Å². The smallest absolute Gasteiger partial charge is 0.224 e. The number of aromatic nitrogens is 1. The van der Waals surface area contributed by atoms with Crippen molar-refractivity contribution in [3.8, 4) is 0 Å². The zero-order valence-corrected chi connectivity index (χ0v) is 9.08. The molecule has 0 bridgehead atoms. The van der Waals surface area contributed by atoms with Gasteiger partial charge in [0.25, 0.3) is 0 Å². The number of hydrogen-bond donors (Lipinski definition) is 1. The van der Waals surface area contributed by atoms with Gasteiger partial charge in [0, 0.05) is 4.88 Å². The second kappa shape index (κ2) is 4.07. The van der Waals surface area contributed by atoms with Crippen LogP contribution in [0, 0.1) is 0 Å². The molecule has 1 aromatic rings. The Morgan fingerprint density at radius 2 is 2.31 bits per heavy atom. The number of halogens is 1. The highest BCUT2D eigenvalue weighted by atomic mass is 35.5.